The molecule has 0 amide bonds. The minimum atomic E-state index is 0.0584. The average molecular weight is 675 g/mol. The van der Waals surface area contributed by atoms with Crippen molar-refractivity contribution in [1.82, 2.24) is 4.57 Å². The molecule has 7 aromatic carbocycles. The lowest BCUT2D eigenvalue weighted by Crippen LogP contribution is -2.14. The molecule has 0 spiro atoms. The average Bonchev–Trinajstić information content (AvgIpc) is 3.53. The van der Waals surface area contributed by atoms with Crippen molar-refractivity contribution < 1.29 is 0 Å². The van der Waals surface area contributed by atoms with Crippen LogP contribution in [0.2, 0.25) is 0 Å². The second-order valence-corrected chi connectivity index (χ2v) is 15.6. The Bertz CT molecular complexity index is 2520. The van der Waals surface area contributed by atoms with Crippen LogP contribution >= 0.6 is 0 Å². The van der Waals surface area contributed by atoms with Gasteiger partial charge in [-0.15, -0.1) is 0 Å². The molecule has 1 saturated carbocycles. The second kappa shape index (κ2) is 13.2. The molecule has 1 aromatic heterocycles. The first kappa shape index (κ1) is 32.3. The van der Waals surface area contributed by atoms with Crippen LogP contribution in [0.25, 0.3) is 49.4 Å². The van der Waals surface area contributed by atoms with E-state index in [1.807, 2.05) is 0 Å². The Kier molecular flexibility index (Phi) is 8.19. The first-order valence-electron chi connectivity index (χ1n) is 19.1. The lowest BCUT2D eigenvalue weighted by atomic mass is 9.80. The molecule has 1 heterocycles. The van der Waals surface area contributed by atoms with E-state index in [0.717, 1.165) is 5.69 Å². The van der Waals surface area contributed by atoms with Crippen LogP contribution < -0.4 is 4.90 Å². The quantitative estimate of drug-likeness (QED) is 0.170. The lowest BCUT2D eigenvalue weighted by molar-refractivity contribution is 0.445. The maximum absolute atomic E-state index is 2.52. The summed E-state index contributed by atoms with van der Waals surface area (Å²) in [6.45, 7) is 6.87. The van der Waals surface area contributed by atoms with E-state index < -0.39 is 0 Å². The standard InChI is InChI=1S/C50H46N2/c1-50(2,3)37-31-33-39(34-32-37)52(47-30-16-29-46-49(47)43-24-11-13-28-45(43)51(46)38-21-8-5-9-22-38)44-27-12-10-23-41(44)42-26-15-20-36-19-14-25-40(48(36)42)35-17-6-4-7-18-35/h5,8-16,19-35H,4,6-7,17-18H2,1-3H3. The molecule has 8 aromatic rings. The third-order valence-electron chi connectivity index (χ3n) is 11.3. The predicted molar refractivity (Wildman–Crippen MR) is 223 cm³/mol. The Balaban J connectivity index is 1.34. The number of anilines is 3. The van der Waals surface area contributed by atoms with Crippen molar-refractivity contribution in [3.05, 3.63) is 169 Å². The highest BCUT2D eigenvalue weighted by molar-refractivity contribution is 6.17. The maximum Gasteiger partial charge on any atom is 0.0562 e. The van der Waals surface area contributed by atoms with Crippen molar-refractivity contribution >= 4 is 49.6 Å². The fourth-order valence-corrected chi connectivity index (χ4v) is 8.81. The van der Waals surface area contributed by atoms with Crippen molar-refractivity contribution in [3.8, 4) is 16.8 Å². The van der Waals surface area contributed by atoms with Gasteiger partial charge in [0, 0.05) is 27.7 Å². The summed E-state index contributed by atoms with van der Waals surface area (Å²) >= 11 is 0. The predicted octanol–water partition coefficient (Wildman–Crippen LogP) is 14.4. The summed E-state index contributed by atoms with van der Waals surface area (Å²) in [5, 5.41) is 5.23. The molecule has 1 fully saturated rings. The summed E-state index contributed by atoms with van der Waals surface area (Å²) in [5.41, 5.74) is 12.5. The normalized spacial score (nSPS) is 14.0. The van der Waals surface area contributed by atoms with Gasteiger partial charge in [0.1, 0.15) is 0 Å². The molecule has 2 nitrogen and oxygen atoms in total. The highest BCUT2D eigenvalue weighted by Crippen LogP contribution is 2.48. The summed E-state index contributed by atoms with van der Waals surface area (Å²) in [5.74, 6) is 0.602. The van der Waals surface area contributed by atoms with Crippen LogP contribution in [-0.2, 0) is 5.41 Å². The fourth-order valence-electron chi connectivity index (χ4n) is 8.81. The third kappa shape index (κ3) is 5.58. The van der Waals surface area contributed by atoms with Crippen LogP contribution in [0, 0.1) is 0 Å². The highest BCUT2D eigenvalue weighted by Gasteiger charge is 2.25. The summed E-state index contributed by atoms with van der Waals surface area (Å²) in [6.07, 6.45) is 6.53. The van der Waals surface area contributed by atoms with Gasteiger partial charge in [0.2, 0.25) is 0 Å². The zero-order valence-electron chi connectivity index (χ0n) is 30.5. The smallest absolute Gasteiger partial charge is 0.0562 e. The van der Waals surface area contributed by atoms with E-state index in [1.54, 1.807) is 0 Å². The Morgan fingerprint density at radius 3 is 1.94 bits per heavy atom. The number of rotatable bonds is 6. The monoisotopic (exact) mass is 674 g/mol. The Morgan fingerprint density at radius 2 is 1.15 bits per heavy atom. The van der Waals surface area contributed by atoms with E-state index in [1.165, 1.54) is 104 Å². The molecule has 0 radical (unpaired) electrons. The number of aromatic nitrogens is 1. The minimum Gasteiger partial charge on any atom is -0.309 e. The van der Waals surface area contributed by atoms with Gasteiger partial charge in [-0.05, 0) is 100 Å². The topological polar surface area (TPSA) is 8.17 Å². The van der Waals surface area contributed by atoms with Crippen LogP contribution in [0.3, 0.4) is 0 Å². The number of benzene rings is 7. The van der Waals surface area contributed by atoms with Crippen LogP contribution in [0.15, 0.2) is 158 Å². The van der Waals surface area contributed by atoms with Crippen LogP contribution in [-0.4, -0.2) is 4.57 Å². The Hall–Kier alpha value is -5.60. The van der Waals surface area contributed by atoms with Crippen LogP contribution in [0.4, 0.5) is 17.1 Å². The molecular weight excluding hydrogens is 629 g/mol. The van der Waals surface area contributed by atoms with Gasteiger partial charge in [0.05, 0.1) is 22.4 Å². The van der Waals surface area contributed by atoms with Gasteiger partial charge in [-0.25, -0.2) is 0 Å². The van der Waals surface area contributed by atoms with Gasteiger partial charge >= 0.3 is 0 Å². The molecule has 1 aliphatic rings. The van der Waals surface area contributed by atoms with E-state index in [0.29, 0.717) is 5.92 Å². The van der Waals surface area contributed by atoms with Crippen molar-refractivity contribution in [2.24, 2.45) is 0 Å². The van der Waals surface area contributed by atoms with Gasteiger partial charge in [-0.2, -0.15) is 0 Å². The van der Waals surface area contributed by atoms with Gasteiger partial charge in [0.25, 0.3) is 0 Å². The summed E-state index contributed by atoms with van der Waals surface area (Å²) < 4.78 is 2.42. The van der Waals surface area contributed by atoms with Crippen molar-refractivity contribution in [3.63, 3.8) is 0 Å². The van der Waals surface area contributed by atoms with Gasteiger partial charge in [0.15, 0.2) is 0 Å². The number of hydrogen-bond acceptors (Lipinski definition) is 1. The molecule has 52 heavy (non-hydrogen) atoms. The summed E-state index contributed by atoms with van der Waals surface area (Å²) in [4.78, 5) is 2.52. The molecule has 256 valence electrons. The fraction of sp³-hybridized carbons (Fsp3) is 0.200. The Morgan fingerprint density at radius 1 is 0.519 bits per heavy atom. The summed E-state index contributed by atoms with van der Waals surface area (Å²) in [7, 11) is 0. The van der Waals surface area contributed by atoms with Crippen molar-refractivity contribution in [1.29, 1.82) is 0 Å². The largest absolute Gasteiger partial charge is 0.309 e. The molecule has 0 unspecified atom stereocenters. The van der Waals surface area contributed by atoms with E-state index in [9.17, 15) is 0 Å². The van der Waals surface area contributed by atoms with Crippen molar-refractivity contribution in [2.75, 3.05) is 4.90 Å². The van der Waals surface area contributed by atoms with E-state index in [2.05, 4.69) is 188 Å². The molecule has 0 aliphatic heterocycles. The minimum absolute atomic E-state index is 0.0584. The van der Waals surface area contributed by atoms with Gasteiger partial charge in [-0.1, -0.05) is 149 Å². The maximum atomic E-state index is 2.52. The van der Waals surface area contributed by atoms with Gasteiger partial charge < -0.3 is 9.47 Å². The lowest BCUT2D eigenvalue weighted by Gasteiger charge is -2.30. The molecule has 1 aliphatic carbocycles. The number of hydrogen-bond donors (Lipinski definition) is 0. The summed E-state index contributed by atoms with van der Waals surface area (Å²) in [6, 6.07) is 58.7. The number of para-hydroxylation sites is 3. The first-order valence-corrected chi connectivity index (χ1v) is 19.1. The van der Waals surface area contributed by atoms with Crippen LogP contribution in [0.5, 0.6) is 0 Å². The zero-order chi connectivity index (χ0) is 35.2. The molecule has 0 bridgehead atoms. The highest BCUT2D eigenvalue weighted by atomic mass is 15.2. The van der Waals surface area contributed by atoms with E-state index in [4.69, 9.17) is 0 Å². The first-order chi connectivity index (χ1) is 25.5. The van der Waals surface area contributed by atoms with Gasteiger partial charge in [-0.3, -0.25) is 0 Å². The number of nitrogens with zero attached hydrogens (tertiary/aromatic N) is 2. The zero-order valence-corrected chi connectivity index (χ0v) is 30.5. The second-order valence-electron chi connectivity index (χ2n) is 15.6. The van der Waals surface area contributed by atoms with E-state index >= 15 is 0 Å². The SMILES string of the molecule is CC(C)(C)c1ccc(N(c2ccccc2-c2cccc3cccc(C4CCCCC4)c23)c2cccc3c2c2ccccc2n3-c2ccccc2)cc1. The molecule has 0 saturated heterocycles. The molecule has 2 heteroatoms. The molecular formula is C50H46N2. The Labute approximate surface area is 308 Å². The number of fused-ring (bicyclic) bond motifs is 4. The molecule has 9 rings (SSSR count). The van der Waals surface area contributed by atoms with Crippen molar-refractivity contribution in [2.45, 2.75) is 64.2 Å². The molecule has 0 atom stereocenters. The third-order valence-corrected chi connectivity index (χ3v) is 11.3. The molecule has 0 N–H and O–H groups in total. The van der Waals surface area contributed by atoms with Crippen LogP contribution in [0.1, 0.15) is 69.9 Å². The van der Waals surface area contributed by atoms with E-state index in [-0.39, 0.29) is 5.41 Å².